The van der Waals surface area contributed by atoms with Crippen LogP contribution in [0.15, 0.2) is 62.6 Å². The molecule has 0 bridgehead atoms. The number of hydrogen-bond acceptors (Lipinski definition) is 6. The van der Waals surface area contributed by atoms with E-state index in [1.807, 2.05) is 26.0 Å². The van der Waals surface area contributed by atoms with Crippen molar-refractivity contribution in [3.05, 3.63) is 75.6 Å². The number of rotatable bonds is 8. The van der Waals surface area contributed by atoms with E-state index in [1.165, 1.54) is 30.3 Å². The summed E-state index contributed by atoms with van der Waals surface area (Å²) in [5.74, 6) is -0.620. The summed E-state index contributed by atoms with van der Waals surface area (Å²) >= 11 is 0. The number of ether oxygens (including phenoxy) is 1. The summed E-state index contributed by atoms with van der Waals surface area (Å²) in [5, 5.41) is 0.696. The average Bonchev–Trinajstić information content (AvgIpc) is 2.76. The van der Waals surface area contributed by atoms with Crippen LogP contribution in [0.2, 0.25) is 0 Å². The Labute approximate surface area is 181 Å². The second-order valence-corrected chi connectivity index (χ2v) is 9.02. The fourth-order valence-corrected chi connectivity index (χ4v) is 4.35. The maximum Gasteiger partial charge on any atom is 0.338 e. The summed E-state index contributed by atoms with van der Waals surface area (Å²) in [6.45, 7) is 5.55. The molecule has 7 nitrogen and oxygen atoms in total. The molecule has 0 radical (unpaired) electrons. The highest BCUT2D eigenvalue weighted by Gasteiger charge is 2.18. The third-order valence-corrected chi connectivity index (χ3v) is 6.64. The molecule has 0 fully saturated rings. The molecule has 1 atom stereocenters. The second-order valence-electron chi connectivity index (χ2n) is 7.31. The molecule has 3 aromatic rings. The molecule has 1 heterocycles. The van der Waals surface area contributed by atoms with Gasteiger partial charge in [0, 0.05) is 23.1 Å². The van der Waals surface area contributed by atoms with Crippen molar-refractivity contribution in [3.8, 4) is 0 Å². The maximum atomic E-state index is 12.4. The number of sulfonamides is 1. The van der Waals surface area contributed by atoms with Crippen LogP contribution in [0.1, 0.15) is 48.7 Å². The minimum Gasteiger partial charge on any atom is -0.457 e. The normalized spacial score (nSPS) is 12.6. The Kier molecular flexibility index (Phi) is 6.92. The first-order valence-electron chi connectivity index (χ1n) is 10.1. The summed E-state index contributed by atoms with van der Waals surface area (Å²) < 4.78 is 37.8. The van der Waals surface area contributed by atoms with Crippen molar-refractivity contribution in [2.24, 2.45) is 0 Å². The number of aryl methyl sites for hydroxylation is 1. The van der Waals surface area contributed by atoms with Gasteiger partial charge in [-0.3, -0.25) is 0 Å². The lowest BCUT2D eigenvalue weighted by Gasteiger charge is -2.12. The molecule has 31 heavy (non-hydrogen) atoms. The molecule has 0 saturated heterocycles. The van der Waals surface area contributed by atoms with E-state index >= 15 is 0 Å². The molecule has 0 aliphatic heterocycles. The zero-order valence-corrected chi connectivity index (χ0v) is 18.5. The molecule has 3 rings (SSSR count). The average molecular weight is 444 g/mol. The highest BCUT2D eigenvalue weighted by Crippen LogP contribution is 2.20. The van der Waals surface area contributed by atoms with Gasteiger partial charge in [0.15, 0.2) is 0 Å². The van der Waals surface area contributed by atoms with Gasteiger partial charge in [0.1, 0.15) is 12.2 Å². The topological polar surface area (TPSA) is 103 Å². The number of carbonyl (C=O) groups excluding carboxylic acids is 1. The third kappa shape index (κ3) is 5.39. The molecule has 0 aliphatic rings. The van der Waals surface area contributed by atoms with Crippen molar-refractivity contribution in [1.82, 2.24) is 4.72 Å². The van der Waals surface area contributed by atoms with Gasteiger partial charge in [0.05, 0.1) is 10.5 Å². The molecule has 0 aliphatic carbocycles. The van der Waals surface area contributed by atoms with E-state index in [1.54, 1.807) is 13.0 Å². The zero-order chi connectivity index (χ0) is 22.6. The van der Waals surface area contributed by atoms with Gasteiger partial charge in [-0.25, -0.2) is 22.7 Å². The van der Waals surface area contributed by atoms with Gasteiger partial charge < -0.3 is 9.15 Å². The van der Waals surface area contributed by atoms with E-state index in [9.17, 15) is 18.0 Å². The van der Waals surface area contributed by atoms with Crippen molar-refractivity contribution in [1.29, 1.82) is 0 Å². The van der Waals surface area contributed by atoms with Crippen LogP contribution in [0, 0.1) is 0 Å². The molecule has 1 unspecified atom stereocenters. The SMILES string of the molecule is CCc1ccc2c(COC(=O)c3ccc(S(=O)(=O)NC(C)CC)cc3)cc(=O)oc2c1. The van der Waals surface area contributed by atoms with E-state index in [-0.39, 0.29) is 23.1 Å². The zero-order valence-electron chi connectivity index (χ0n) is 17.7. The van der Waals surface area contributed by atoms with Crippen LogP contribution in [-0.2, 0) is 27.8 Å². The predicted octanol–water partition coefficient (Wildman–Crippen LogP) is 3.79. The number of benzene rings is 2. The van der Waals surface area contributed by atoms with Gasteiger partial charge >= 0.3 is 11.6 Å². The smallest absolute Gasteiger partial charge is 0.338 e. The Morgan fingerprint density at radius 3 is 2.45 bits per heavy atom. The van der Waals surface area contributed by atoms with Crippen LogP contribution in [0.4, 0.5) is 0 Å². The summed E-state index contributed by atoms with van der Waals surface area (Å²) in [5.41, 5.74) is 1.71. The first-order chi connectivity index (χ1) is 14.7. The predicted molar refractivity (Wildman–Crippen MR) is 117 cm³/mol. The number of esters is 1. The molecule has 1 N–H and O–H groups in total. The van der Waals surface area contributed by atoms with Gasteiger partial charge in [-0.1, -0.05) is 26.0 Å². The van der Waals surface area contributed by atoms with Gasteiger partial charge in [-0.15, -0.1) is 0 Å². The van der Waals surface area contributed by atoms with E-state index in [0.717, 1.165) is 12.0 Å². The highest BCUT2D eigenvalue weighted by molar-refractivity contribution is 7.89. The lowest BCUT2D eigenvalue weighted by atomic mass is 10.1. The fraction of sp³-hybridized carbons (Fsp3) is 0.304. The first-order valence-corrected chi connectivity index (χ1v) is 11.6. The van der Waals surface area contributed by atoms with E-state index in [4.69, 9.17) is 9.15 Å². The molecule has 164 valence electrons. The first kappa shape index (κ1) is 22.7. The van der Waals surface area contributed by atoms with Gasteiger partial charge in [0.25, 0.3) is 0 Å². The molecular formula is C23H25NO6S. The lowest BCUT2D eigenvalue weighted by Crippen LogP contribution is -2.32. The van der Waals surface area contributed by atoms with Crippen LogP contribution in [0.5, 0.6) is 0 Å². The number of fused-ring (bicyclic) bond motifs is 1. The minimum atomic E-state index is -3.65. The number of carbonyl (C=O) groups is 1. The van der Waals surface area contributed by atoms with E-state index in [0.29, 0.717) is 23.0 Å². The quantitative estimate of drug-likeness (QED) is 0.420. The molecule has 8 heteroatoms. The molecule has 0 spiro atoms. The van der Waals surface area contributed by atoms with E-state index < -0.39 is 21.6 Å². The Morgan fingerprint density at radius 1 is 1.10 bits per heavy atom. The third-order valence-electron chi connectivity index (χ3n) is 5.03. The maximum absolute atomic E-state index is 12.4. The van der Waals surface area contributed by atoms with E-state index in [2.05, 4.69) is 4.72 Å². The van der Waals surface area contributed by atoms with Crippen LogP contribution in [0.25, 0.3) is 11.0 Å². The highest BCUT2D eigenvalue weighted by atomic mass is 32.2. The molecule has 0 saturated carbocycles. The Bertz CT molecular complexity index is 1250. The van der Waals surface area contributed by atoms with Crippen molar-refractivity contribution < 1.29 is 22.4 Å². The van der Waals surface area contributed by atoms with Crippen molar-refractivity contribution in [2.45, 2.75) is 51.2 Å². The van der Waals surface area contributed by atoms with Crippen LogP contribution >= 0.6 is 0 Å². The van der Waals surface area contributed by atoms with Crippen LogP contribution in [-0.4, -0.2) is 20.4 Å². The molecule has 2 aromatic carbocycles. The largest absolute Gasteiger partial charge is 0.457 e. The Morgan fingerprint density at radius 2 is 1.81 bits per heavy atom. The lowest BCUT2D eigenvalue weighted by molar-refractivity contribution is 0.0473. The van der Waals surface area contributed by atoms with Crippen molar-refractivity contribution in [3.63, 3.8) is 0 Å². The second kappa shape index (κ2) is 9.45. The van der Waals surface area contributed by atoms with Gasteiger partial charge in [-0.2, -0.15) is 0 Å². The van der Waals surface area contributed by atoms with Crippen molar-refractivity contribution in [2.75, 3.05) is 0 Å². The molecular weight excluding hydrogens is 418 g/mol. The Balaban J connectivity index is 1.75. The van der Waals surface area contributed by atoms with Crippen LogP contribution < -0.4 is 10.3 Å². The minimum absolute atomic E-state index is 0.0720. The summed E-state index contributed by atoms with van der Waals surface area (Å²) in [6.07, 6.45) is 1.47. The van der Waals surface area contributed by atoms with Gasteiger partial charge in [0.2, 0.25) is 10.0 Å². The van der Waals surface area contributed by atoms with Crippen LogP contribution in [0.3, 0.4) is 0 Å². The Hall–Kier alpha value is -2.97. The van der Waals surface area contributed by atoms with Gasteiger partial charge in [-0.05, 0) is 55.7 Å². The number of hydrogen-bond donors (Lipinski definition) is 1. The number of nitrogens with one attached hydrogen (secondary N) is 1. The van der Waals surface area contributed by atoms with Crippen molar-refractivity contribution >= 4 is 27.0 Å². The summed E-state index contributed by atoms with van der Waals surface area (Å²) in [7, 11) is -3.65. The standard InChI is InChI=1S/C23H25NO6S/c1-4-15(3)24-31(27,28)19-9-7-17(8-10-19)23(26)29-14-18-13-22(25)30-21-12-16(5-2)6-11-20(18)21/h6-13,15,24H,4-5,14H2,1-3H3. The fourth-order valence-electron chi connectivity index (χ4n) is 3.03. The molecule has 0 amide bonds. The molecule has 1 aromatic heterocycles. The monoisotopic (exact) mass is 443 g/mol. The summed E-state index contributed by atoms with van der Waals surface area (Å²) in [6, 6.07) is 12.2. The summed E-state index contributed by atoms with van der Waals surface area (Å²) in [4.78, 5) is 24.4.